The third-order valence-electron chi connectivity index (χ3n) is 2.08. The van der Waals surface area contributed by atoms with Crippen molar-refractivity contribution in [3.63, 3.8) is 0 Å². The Labute approximate surface area is 60.6 Å². The fraction of sp³-hybridized carbons (Fsp3) is 1.00. The molecule has 0 bridgehead atoms. The Morgan fingerprint density at radius 2 is 2.10 bits per heavy atom. The molecule has 0 aromatic carbocycles. The first kappa shape index (κ1) is 7.98. The quantitative estimate of drug-likeness (QED) is 0.587. The molecule has 1 fully saturated rings. The van der Waals surface area contributed by atoms with Crippen LogP contribution in [0, 0.1) is 0 Å². The smallest absolute Gasteiger partial charge is 0.194 e. The lowest BCUT2D eigenvalue weighted by Crippen LogP contribution is -2.63. The lowest BCUT2D eigenvalue weighted by molar-refractivity contribution is -0.384. The van der Waals surface area contributed by atoms with Gasteiger partial charge in [-0.15, -0.1) is 0 Å². The monoisotopic (exact) mass is 146 g/mol. The average Bonchev–Trinajstić information content (AvgIpc) is 1.98. The van der Waals surface area contributed by atoms with E-state index in [1.807, 2.05) is 6.92 Å². The second-order valence-electron chi connectivity index (χ2n) is 2.71. The predicted molar refractivity (Wildman–Crippen MR) is 36.4 cm³/mol. The maximum atomic E-state index is 9.32. The Morgan fingerprint density at radius 1 is 1.50 bits per heavy atom. The SMILES string of the molecule is CCC1OC(O)(CC)C1O. The molecular weight excluding hydrogens is 132 g/mol. The molecule has 2 N–H and O–H groups in total. The second-order valence-corrected chi connectivity index (χ2v) is 2.71. The third kappa shape index (κ3) is 0.944. The lowest BCUT2D eigenvalue weighted by Gasteiger charge is -2.47. The van der Waals surface area contributed by atoms with E-state index in [9.17, 15) is 10.2 Å². The van der Waals surface area contributed by atoms with Crippen molar-refractivity contribution in [2.24, 2.45) is 0 Å². The van der Waals surface area contributed by atoms with Crippen LogP contribution in [0.3, 0.4) is 0 Å². The highest BCUT2D eigenvalue weighted by Gasteiger charge is 2.51. The summed E-state index contributed by atoms with van der Waals surface area (Å²) in [7, 11) is 0. The molecule has 1 aliphatic rings. The van der Waals surface area contributed by atoms with Crippen molar-refractivity contribution in [1.82, 2.24) is 0 Å². The van der Waals surface area contributed by atoms with Gasteiger partial charge in [0, 0.05) is 6.42 Å². The first-order valence-electron chi connectivity index (χ1n) is 3.72. The molecule has 0 saturated carbocycles. The number of rotatable bonds is 2. The van der Waals surface area contributed by atoms with Gasteiger partial charge in [0.05, 0.1) is 6.10 Å². The van der Waals surface area contributed by atoms with Crippen molar-refractivity contribution in [1.29, 1.82) is 0 Å². The van der Waals surface area contributed by atoms with Crippen LogP contribution in [-0.2, 0) is 4.74 Å². The van der Waals surface area contributed by atoms with Crippen LogP contribution in [0.4, 0.5) is 0 Å². The summed E-state index contributed by atoms with van der Waals surface area (Å²) in [5, 5.41) is 18.6. The van der Waals surface area contributed by atoms with Gasteiger partial charge in [-0.2, -0.15) is 0 Å². The van der Waals surface area contributed by atoms with Crippen LogP contribution in [-0.4, -0.2) is 28.2 Å². The van der Waals surface area contributed by atoms with E-state index in [1.54, 1.807) is 6.92 Å². The zero-order valence-corrected chi connectivity index (χ0v) is 6.37. The normalized spacial score (nSPS) is 46.8. The molecule has 0 aromatic heterocycles. The van der Waals surface area contributed by atoms with Crippen LogP contribution in [0.2, 0.25) is 0 Å². The van der Waals surface area contributed by atoms with Crippen LogP contribution in [0.5, 0.6) is 0 Å². The van der Waals surface area contributed by atoms with E-state index >= 15 is 0 Å². The van der Waals surface area contributed by atoms with Gasteiger partial charge in [-0.25, -0.2) is 0 Å². The van der Waals surface area contributed by atoms with Crippen molar-refractivity contribution in [3.8, 4) is 0 Å². The first-order chi connectivity index (χ1) is 4.64. The fourth-order valence-electron chi connectivity index (χ4n) is 1.21. The van der Waals surface area contributed by atoms with Crippen LogP contribution >= 0.6 is 0 Å². The number of hydrogen-bond donors (Lipinski definition) is 2. The molecule has 0 aliphatic carbocycles. The molecule has 0 amide bonds. The molecule has 0 radical (unpaired) electrons. The predicted octanol–water partition coefficient (Wildman–Crippen LogP) is 0.255. The maximum Gasteiger partial charge on any atom is 0.194 e. The van der Waals surface area contributed by atoms with E-state index in [0.717, 1.165) is 6.42 Å². The highest BCUT2D eigenvalue weighted by molar-refractivity contribution is 4.92. The zero-order valence-electron chi connectivity index (χ0n) is 6.37. The first-order valence-corrected chi connectivity index (χ1v) is 3.72. The minimum absolute atomic E-state index is 0.162. The molecule has 0 spiro atoms. The molecule has 1 heterocycles. The van der Waals surface area contributed by atoms with Crippen molar-refractivity contribution in [3.05, 3.63) is 0 Å². The summed E-state index contributed by atoms with van der Waals surface area (Å²) in [6.45, 7) is 3.71. The van der Waals surface area contributed by atoms with Crippen molar-refractivity contribution in [2.75, 3.05) is 0 Å². The van der Waals surface area contributed by atoms with Crippen LogP contribution in [0.1, 0.15) is 26.7 Å². The van der Waals surface area contributed by atoms with Gasteiger partial charge in [-0.1, -0.05) is 13.8 Å². The largest absolute Gasteiger partial charge is 0.385 e. The standard InChI is InChI=1S/C7H14O3/c1-3-5-6(8)7(9,4-2)10-5/h5-6,8-9H,3-4H2,1-2H3. The van der Waals surface area contributed by atoms with Gasteiger partial charge in [0.25, 0.3) is 0 Å². The minimum atomic E-state index is -1.25. The average molecular weight is 146 g/mol. The van der Waals surface area contributed by atoms with Gasteiger partial charge in [0.15, 0.2) is 5.79 Å². The molecule has 3 unspecified atom stereocenters. The lowest BCUT2D eigenvalue weighted by atomic mass is 9.93. The van der Waals surface area contributed by atoms with Gasteiger partial charge in [0.2, 0.25) is 0 Å². The summed E-state index contributed by atoms with van der Waals surface area (Å²) in [4.78, 5) is 0. The van der Waals surface area contributed by atoms with E-state index in [-0.39, 0.29) is 6.10 Å². The van der Waals surface area contributed by atoms with Gasteiger partial charge < -0.3 is 14.9 Å². The van der Waals surface area contributed by atoms with Crippen LogP contribution < -0.4 is 0 Å². The van der Waals surface area contributed by atoms with E-state index in [4.69, 9.17) is 4.74 Å². The van der Waals surface area contributed by atoms with E-state index < -0.39 is 11.9 Å². The Bertz CT molecular complexity index is 126. The van der Waals surface area contributed by atoms with E-state index in [2.05, 4.69) is 0 Å². The highest BCUT2D eigenvalue weighted by atomic mass is 16.7. The zero-order chi connectivity index (χ0) is 7.78. The number of aliphatic hydroxyl groups is 2. The Hall–Kier alpha value is -0.120. The molecule has 60 valence electrons. The van der Waals surface area contributed by atoms with Gasteiger partial charge in [0.1, 0.15) is 6.10 Å². The molecule has 0 aromatic rings. The van der Waals surface area contributed by atoms with Crippen LogP contribution in [0.15, 0.2) is 0 Å². The second kappa shape index (κ2) is 2.49. The highest BCUT2D eigenvalue weighted by Crippen LogP contribution is 2.34. The molecule has 3 atom stereocenters. The summed E-state index contributed by atoms with van der Waals surface area (Å²) < 4.78 is 5.04. The Balaban J connectivity index is 2.44. The Morgan fingerprint density at radius 3 is 2.40 bits per heavy atom. The van der Waals surface area contributed by atoms with Gasteiger partial charge >= 0.3 is 0 Å². The molecule has 3 heteroatoms. The maximum absolute atomic E-state index is 9.32. The number of aliphatic hydroxyl groups excluding tert-OH is 1. The van der Waals surface area contributed by atoms with Crippen molar-refractivity contribution in [2.45, 2.75) is 44.7 Å². The topological polar surface area (TPSA) is 49.7 Å². The Kier molecular flexibility index (Phi) is 1.99. The van der Waals surface area contributed by atoms with Crippen molar-refractivity contribution < 1.29 is 14.9 Å². The molecule has 10 heavy (non-hydrogen) atoms. The summed E-state index contributed by atoms with van der Waals surface area (Å²) in [5.74, 6) is -1.25. The summed E-state index contributed by atoms with van der Waals surface area (Å²) >= 11 is 0. The molecule has 1 saturated heterocycles. The number of ether oxygens (including phenoxy) is 1. The number of hydrogen-bond acceptors (Lipinski definition) is 3. The molecule has 3 nitrogen and oxygen atoms in total. The minimum Gasteiger partial charge on any atom is -0.385 e. The van der Waals surface area contributed by atoms with Gasteiger partial charge in [-0.3, -0.25) is 0 Å². The van der Waals surface area contributed by atoms with Crippen molar-refractivity contribution >= 4 is 0 Å². The summed E-state index contributed by atoms with van der Waals surface area (Å²) in [6, 6.07) is 0. The van der Waals surface area contributed by atoms with E-state index in [0.29, 0.717) is 6.42 Å². The molecular formula is C7H14O3. The van der Waals surface area contributed by atoms with Gasteiger partial charge in [-0.05, 0) is 6.42 Å². The molecule has 1 rings (SSSR count). The summed E-state index contributed by atoms with van der Waals surface area (Å²) in [5.41, 5.74) is 0. The van der Waals surface area contributed by atoms with Crippen LogP contribution in [0.25, 0.3) is 0 Å². The molecule has 1 aliphatic heterocycles. The summed E-state index contributed by atoms with van der Waals surface area (Å²) in [6.07, 6.45) is 0.348. The third-order valence-corrected chi connectivity index (χ3v) is 2.08. The fourth-order valence-corrected chi connectivity index (χ4v) is 1.21. The van der Waals surface area contributed by atoms with E-state index in [1.165, 1.54) is 0 Å².